The summed E-state index contributed by atoms with van der Waals surface area (Å²) in [5.74, 6) is -2.50. The van der Waals surface area contributed by atoms with Gasteiger partial charge in [0, 0.05) is 30.2 Å². The van der Waals surface area contributed by atoms with Crippen LogP contribution in [0.5, 0.6) is 5.75 Å². The van der Waals surface area contributed by atoms with Crippen LogP contribution in [-0.4, -0.2) is 21.8 Å². The lowest BCUT2D eigenvalue weighted by Crippen LogP contribution is -2.09. The molecule has 2 heterocycles. The Morgan fingerprint density at radius 2 is 2.04 bits per heavy atom. The lowest BCUT2D eigenvalue weighted by Gasteiger charge is -2.17. The Morgan fingerprint density at radius 1 is 1.27 bits per heavy atom. The van der Waals surface area contributed by atoms with Crippen molar-refractivity contribution in [2.45, 2.75) is 19.0 Å². The van der Waals surface area contributed by atoms with Crippen LogP contribution in [0.4, 0.5) is 17.6 Å². The Labute approximate surface area is 152 Å². The molecule has 0 spiro atoms. The first kappa shape index (κ1) is 17.0. The molecule has 0 saturated heterocycles. The van der Waals surface area contributed by atoms with Gasteiger partial charge in [-0.05, 0) is 34.1 Å². The second kappa shape index (κ2) is 6.08. The number of carbonyl (C=O) groups is 1. The SMILES string of the molecule is O=C1CC(c2cc(F)ccc2OC(F)F)c2c1nc1cc(F)c(Br)cn21. The number of ketones is 1. The summed E-state index contributed by atoms with van der Waals surface area (Å²) in [5.41, 5.74) is 0.802. The minimum absolute atomic E-state index is 0.0708. The number of halogens is 5. The Balaban J connectivity index is 1.93. The van der Waals surface area contributed by atoms with Crippen LogP contribution < -0.4 is 4.74 Å². The smallest absolute Gasteiger partial charge is 0.387 e. The number of imidazole rings is 1. The first-order valence-electron chi connectivity index (χ1n) is 7.49. The summed E-state index contributed by atoms with van der Waals surface area (Å²) in [5, 5.41) is 0. The van der Waals surface area contributed by atoms with Gasteiger partial charge in [0.2, 0.25) is 0 Å². The van der Waals surface area contributed by atoms with Crippen molar-refractivity contribution in [3.05, 3.63) is 63.5 Å². The fourth-order valence-electron chi connectivity index (χ4n) is 3.23. The Bertz CT molecular complexity index is 1050. The second-order valence-corrected chi connectivity index (χ2v) is 6.64. The molecule has 1 aliphatic rings. The lowest BCUT2D eigenvalue weighted by atomic mass is 9.95. The van der Waals surface area contributed by atoms with E-state index in [0.717, 1.165) is 24.3 Å². The zero-order chi connectivity index (χ0) is 18.6. The van der Waals surface area contributed by atoms with Crippen LogP contribution in [0.25, 0.3) is 5.65 Å². The molecule has 3 aromatic rings. The third-order valence-corrected chi connectivity index (χ3v) is 4.83. The van der Waals surface area contributed by atoms with E-state index in [4.69, 9.17) is 0 Å². The maximum atomic E-state index is 13.8. The highest BCUT2D eigenvalue weighted by molar-refractivity contribution is 9.10. The maximum absolute atomic E-state index is 13.8. The Morgan fingerprint density at radius 3 is 2.77 bits per heavy atom. The molecule has 0 fully saturated rings. The van der Waals surface area contributed by atoms with Gasteiger partial charge in [-0.2, -0.15) is 8.78 Å². The van der Waals surface area contributed by atoms with E-state index < -0.39 is 24.2 Å². The van der Waals surface area contributed by atoms with Gasteiger partial charge in [0.25, 0.3) is 0 Å². The van der Waals surface area contributed by atoms with Gasteiger partial charge in [-0.1, -0.05) is 0 Å². The first-order valence-corrected chi connectivity index (χ1v) is 8.29. The lowest BCUT2D eigenvalue weighted by molar-refractivity contribution is -0.0506. The van der Waals surface area contributed by atoms with E-state index in [1.807, 2.05) is 0 Å². The topological polar surface area (TPSA) is 43.6 Å². The molecule has 0 aliphatic heterocycles. The molecular weight excluding hydrogens is 420 g/mol. The number of alkyl halides is 2. The highest BCUT2D eigenvalue weighted by Gasteiger charge is 2.37. The molecule has 134 valence electrons. The largest absolute Gasteiger partial charge is 0.435 e. The van der Waals surface area contributed by atoms with E-state index in [1.54, 1.807) is 0 Å². The molecule has 2 aromatic heterocycles. The Kier molecular flexibility index (Phi) is 3.98. The van der Waals surface area contributed by atoms with Gasteiger partial charge in [-0.15, -0.1) is 0 Å². The third-order valence-electron chi connectivity index (χ3n) is 4.25. The van der Waals surface area contributed by atoms with Gasteiger partial charge < -0.3 is 9.14 Å². The molecule has 1 aliphatic carbocycles. The van der Waals surface area contributed by atoms with Gasteiger partial charge in [0.05, 0.1) is 10.2 Å². The molecule has 26 heavy (non-hydrogen) atoms. The van der Waals surface area contributed by atoms with Gasteiger partial charge in [0.15, 0.2) is 5.78 Å². The van der Waals surface area contributed by atoms with Gasteiger partial charge in [0.1, 0.15) is 28.7 Å². The van der Waals surface area contributed by atoms with Crippen molar-refractivity contribution in [3.63, 3.8) is 0 Å². The number of fused-ring (bicyclic) bond motifs is 3. The van der Waals surface area contributed by atoms with Crippen LogP contribution >= 0.6 is 15.9 Å². The van der Waals surface area contributed by atoms with Crippen LogP contribution in [0.3, 0.4) is 0 Å². The summed E-state index contributed by atoms with van der Waals surface area (Å²) in [6.45, 7) is -3.10. The van der Waals surface area contributed by atoms with Crippen LogP contribution in [0.15, 0.2) is 34.9 Å². The van der Waals surface area contributed by atoms with Gasteiger partial charge >= 0.3 is 6.61 Å². The predicted octanol–water partition coefficient (Wildman–Crippen LogP) is 4.69. The summed E-state index contributed by atoms with van der Waals surface area (Å²) >= 11 is 3.07. The molecule has 4 nitrogen and oxygen atoms in total. The van der Waals surface area contributed by atoms with E-state index >= 15 is 0 Å². The standard InChI is InChI=1S/C17H9BrF4N2O2/c18-10-6-24-14(5-11(10)20)23-15-12(25)4-9(16(15)24)8-3-7(19)1-2-13(8)26-17(21)22/h1-3,5-6,9,17H,4H2. The summed E-state index contributed by atoms with van der Waals surface area (Å²) in [7, 11) is 0. The monoisotopic (exact) mass is 428 g/mol. The van der Waals surface area contributed by atoms with Crippen molar-refractivity contribution >= 4 is 27.4 Å². The zero-order valence-electron chi connectivity index (χ0n) is 12.8. The van der Waals surface area contributed by atoms with Crippen LogP contribution in [-0.2, 0) is 0 Å². The number of benzene rings is 1. The van der Waals surface area contributed by atoms with E-state index in [1.165, 1.54) is 10.6 Å². The average molecular weight is 429 g/mol. The molecule has 4 rings (SSSR count). The number of pyridine rings is 1. The molecule has 0 saturated carbocycles. The highest BCUT2D eigenvalue weighted by atomic mass is 79.9. The van der Waals surface area contributed by atoms with E-state index in [9.17, 15) is 22.4 Å². The van der Waals surface area contributed by atoms with Crippen molar-refractivity contribution in [3.8, 4) is 5.75 Å². The minimum Gasteiger partial charge on any atom is -0.435 e. The molecule has 0 bridgehead atoms. The minimum atomic E-state index is -3.10. The molecule has 1 aromatic carbocycles. The van der Waals surface area contributed by atoms with E-state index in [-0.39, 0.29) is 39.3 Å². The number of carbonyl (C=O) groups excluding carboxylic acids is 1. The Hall–Kier alpha value is -2.42. The number of aromatic nitrogens is 2. The predicted molar refractivity (Wildman–Crippen MR) is 86.7 cm³/mol. The van der Waals surface area contributed by atoms with E-state index in [2.05, 4.69) is 25.7 Å². The van der Waals surface area contributed by atoms with Crippen LogP contribution in [0.1, 0.15) is 34.1 Å². The number of hydrogen-bond donors (Lipinski definition) is 0. The molecule has 0 radical (unpaired) electrons. The quantitative estimate of drug-likeness (QED) is 0.568. The summed E-state index contributed by atoms with van der Waals surface area (Å²) in [4.78, 5) is 16.5. The number of nitrogens with zero attached hydrogens (tertiary/aromatic N) is 2. The molecule has 0 N–H and O–H groups in total. The van der Waals surface area contributed by atoms with Gasteiger partial charge in [-0.3, -0.25) is 4.79 Å². The number of ether oxygens (including phenoxy) is 1. The second-order valence-electron chi connectivity index (χ2n) is 5.78. The molecule has 1 unspecified atom stereocenters. The summed E-state index contributed by atoms with van der Waals surface area (Å²) < 4.78 is 59.0. The molecular formula is C17H9BrF4N2O2. The third kappa shape index (κ3) is 2.66. The van der Waals surface area contributed by atoms with Gasteiger partial charge in [-0.25, -0.2) is 13.8 Å². The fourth-order valence-corrected chi connectivity index (χ4v) is 3.55. The van der Waals surface area contributed by atoms with Crippen molar-refractivity contribution in [2.75, 3.05) is 0 Å². The summed E-state index contributed by atoms with van der Waals surface area (Å²) in [6, 6.07) is 4.30. The molecule has 1 atom stereocenters. The zero-order valence-corrected chi connectivity index (χ0v) is 14.4. The van der Waals surface area contributed by atoms with Crippen molar-refractivity contribution in [2.24, 2.45) is 0 Å². The summed E-state index contributed by atoms with van der Waals surface area (Å²) in [6.07, 6.45) is 1.33. The first-order chi connectivity index (χ1) is 12.3. The maximum Gasteiger partial charge on any atom is 0.387 e. The number of rotatable bonds is 3. The van der Waals surface area contributed by atoms with Crippen molar-refractivity contribution in [1.82, 2.24) is 9.38 Å². The van der Waals surface area contributed by atoms with E-state index in [0.29, 0.717) is 5.69 Å². The average Bonchev–Trinajstić information content (AvgIpc) is 3.07. The fraction of sp³-hybridized carbons (Fsp3) is 0.176. The number of hydrogen-bond acceptors (Lipinski definition) is 3. The normalized spacial score (nSPS) is 16.5. The molecule has 9 heteroatoms. The molecule has 0 amide bonds. The van der Waals surface area contributed by atoms with Crippen molar-refractivity contribution < 1.29 is 27.1 Å². The van der Waals surface area contributed by atoms with Crippen molar-refractivity contribution in [1.29, 1.82) is 0 Å². The number of Topliss-reactive ketones (excluding diaryl/α,β-unsaturated/α-hetero) is 1. The highest BCUT2D eigenvalue weighted by Crippen LogP contribution is 2.42. The van der Waals surface area contributed by atoms with Crippen LogP contribution in [0.2, 0.25) is 0 Å². The van der Waals surface area contributed by atoms with Crippen LogP contribution in [0, 0.1) is 11.6 Å².